The van der Waals surface area contributed by atoms with E-state index in [1.807, 2.05) is 0 Å². The number of nitrogens with one attached hydrogen (secondary N) is 1. The van der Waals surface area contributed by atoms with Crippen LogP contribution in [0, 0.1) is 12.7 Å². The Balaban J connectivity index is 1.66. The quantitative estimate of drug-likeness (QED) is 0.318. The molecule has 0 aliphatic carbocycles. The van der Waals surface area contributed by atoms with E-state index in [2.05, 4.69) is 15.3 Å². The number of ether oxygens (including phenoxy) is 2. The molecule has 1 unspecified atom stereocenters. The van der Waals surface area contributed by atoms with Gasteiger partial charge in [0.2, 0.25) is 0 Å². The Hall–Kier alpha value is -3.79. The zero-order valence-corrected chi connectivity index (χ0v) is 21.1. The van der Waals surface area contributed by atoms with Gasteiger partial charge in [-0.15, -0.1) is 0 Å². The van der Waals surface area contributed by atoms with Gasteiger partial charge in [-0.25, -0.2) is 9.37 Å². The Morgan fingerprint density at radius 2 is 1.95 bits per heavy atom. The number of fused-ring (bicyclic) bond motifs is 1. The number of aliphatic hydroxyl groups is 2. The SMILES string of the molecule is COc1c(C)cc(C(O)(CO)CNC(=O)c2cc(OC)c3ncccc3c2)nc1-c1ccc(F)c(Cl)c1. The molecule has 1 amide bonds. The number of aryl methyl sites for hydroxylation is 1. The first-order valence-corrected chi connectivity index (χ1v) is 11.6. The average molecular weight is 526 g/mol. The first kappa shape index (κ1) is 26.3. The number of carbonyl (C=O) groups is 1. The molecule has 192 valence electrons. The first-order valence-electron chi connectivity index (χ1n) is 11.3. The van der Waals surface area contributed by atoms with Crippen molar-refractivity contribution in [1.29, 1.82) is 0 Å². The van der Waals surface area contributed by atoms with Crippen LogP contribution in [-0.4, -0.2) is 53.5 Å². The molecule has 4 aromatic rings. The van der Waals surface area contributed by atoms with Crippen molar-refractivity contribution in [3.63, 3.8) is 0 Å². The lowest BCUT2D eigenvalue weighted by Gasteiger charge is -2.27. The molecule has 0 saturated carbocycles. The molecule has 0 fully saturated rings. The molecule has 0 aliphatic rings. The number of methoxy groups -OCH3 is 2. The van der Waals surface area contributed by atoms with E-state index < -0.39 is 23.9 Å². The van der Waals surface area contributed by atoms with Gasteiger partial charge in [0.15, 0.2) is 0 Å². The largest absolute Gasteiger partial charge is 0.494 e. The van der Waals surface area contributed by atoms with Crippen molar-refractivity contribution >= 4 is 28.4 Å². The fraction of sp³-hybridized carbons (Fsp3) is 0.222. The minimum Gasteiger partial charge on any atom is -0.494 e. The molecule has 0 spiro atoms. The maximum atomic E-state index is 13.7. The van der Waals surface area contributed by atoms with E-state index in [9.17, 15) is 19.4 Å². The molecule has 0 radical (unpaired) electrons. The minimum absolute atomic E-state index is 0.0874. The summed E-state index contributed by atoms with van der Waals surface area (Å²) < 4.78 is 24.6. The van der Waals surface area contributed by atoms with Crippen LogP contribution < -0.4 is 14.8 Å². The van der Waals surface area contributed by atoms with Crippen molar-refractivity contribution in [2.24, 2.45) is 0 Å². The van der Waals surface area contributed by atoms with Crippen LogP contribution in [0.15, 0.2) is 54.7 Å². The van der Waals surface area contributed by atoms with Gasteiger partial charge in [-0.2, -0.15) is 0 Å². The average Bonchev–Trinajstić information content (AvgIpc) is 2.91. The highest BCUT2D eigenvalue weighted by Crippen LogP contribution is 2.36. The molecule has 2 heterocycles. The zero-order chi connectivity index (χ0) is 26.7. The number of rotatable bonds is 8. The fourth-order valence-electron chi connectivity index (χ4n) is 4.00. The molecular formula is C27H25ClFN3O5. The molecule has 0 saturated heterocycles. The zero-order valence-electron chi connectivity index (χ0n) is 20.4. The lowest BCUT2D eigenvalue weighted by atomic mass is 9.96. The Kier molecular flexibility index (Phi) is 7.58. The summed E-state index contributed by atoms with van der Waals surface area (Å²) in [6.07, 6.45) is 1.63. The predicted octanol–water partition coefficient (Wildman–Crippen LogP) is 4.02. The molecule has 1 atom stereocenters. The third-order valence-corrected chi connectivity index (χ3v) is 6.28. The van der Waals surface area contributed by atoms with Gasteiger partial charge < -0.3 is 25.0 Å². The predicted molar refractivity (Wildman–Crippen MR) is 138 cm³/mol. The van der Waals surface area contributed by atoms with E-state index >= 15 is 0 Å². The van der Waals surface area contributed by atoms with Crippen LogP contribution in [0.25, 0.3) is 22.2 Å². The van der Waals surface area contributed by atoms with Crippen LogP contribution in [-0.2, 0) is 5.60 Å². The summed E-state index contributed by atoms with van der Waals surface area (Å²) in [7, 11) is 2.95. The Bertz CT molecular complexity index is 1480. The fourth-order valence-corrected chi connectivity index (χ4v) is 4.18. The monoisotopic (exact) mass is 525 g/mol. The lowest BCUT2D eigenvalue weighted by molar-refractivity contribution is -0.0204. The van der Waals surface area contributed by atoms with Gasteiger partial charge in [0.1, 0.15) is 34.1 Å². The molecule has 2 aromatic heterocycles. The molecule has 10 heteroatoms. The van der Waals surface area contributed by atoms with E-state index in [0.29, 0.717) is 39.2 Å². The van der Waals surface area contributed by atoms with E-state index in [4.69, 9.17) is 21.1 Å². The normalized spacial score (nSPS) is 12.7. The van der Waals surface area contributed by atoms with Crippen molar-refractivity contribution in [2.45, 2.75) is 12.5 Å². The summed E-state index contributed by atoms with van der Waals surface area (Å²) in [4.78, 5) is 21.8. The third kappa shape index (κ3) is 5.20. The van der Waals surface area contributed by atoms with Gasteiger partial charge in [0.05, 0.1) is 38.1 Å². The molecule has 0 bridgehead atoms. The van der Waals surface area contributed by atoms with Crippen molar-refractivity contribution < 1.29 is 28.9 Å². The van der Waals surface area contributed by atoms with Crippen LogP contribution in [0.3, 0.4) is 0 Å². The Morgan fingerprint density at radius 1 is 1.16 bits per heavy atom. The van der Waals surface area contributed by atoms with Crippen LogP contribution >= 0.6 is 11.6 Å². The first-order chi connectivity index (χ1) is 17.7. The topological polar surface area (TPSA) is 114 Å². The Morgan fingerprint density at radius 3 is 2.62 bits per heavy atom. The van der Waals surface area contributed by atoms with Gasteiger partial charge in [-0.1, -0.05) is 17.7 Å². The summed E-state index contributed by atoms with van der Waals surface area (Å²) in [5.41, 5.74) is 0.405. The smallest absolute Gasteiger partial charge is 0.251 e. The second-order valence-corrected chi connectivity index (χ2v) is 8.87. The van der Waals surface area contributed by atoms with Crippen molar-refractivity contribution in [1.82, 2.24) is 15.3 Å². The van der Waals surface area contributed by atoms with E-state index in [0.717, 1.165) is 0 Å². The number of nitrogens with zero attached hydrogens (tertiary/aromatic N) is 2. The van der Waals surface area contributed by atoms with Crippen molar-refractivity contribution in [2.75, 3.05) is 27.4 Å². The highest BCUT2D eigenvalue weighted by atomic mass is 35.5. The minimum atomic E-state index is -1.94. The summed E-state index contributed by atoms with van der Waals surface area (Å²) in [6.45, 7) is 0.656. The summed E-state index contributed by atoms with van der Waals surface area (Å²) in [5, 5.41) is 24.7. The number of amides is 1. The molecule has 0 aliphatic heterocycles. The molecule has 3 N–H and O–H groups in total. The number of carbonyl (C=O) groups excluding carboxylic acids is 1. The molecule has 2 aromatic carbocycles. The van der Waals surface area contributed by atoms with E-state index in [-0.39, 0.29) is 22.8 Å². The standard InChI is InChI=1S/C27H25ClFN3O5/c1-15-9-22(32-24(25(15)37-3)17-6-7-20(29)19(28)11-17)27(35,14-33)13-31-26(34)18-10-16-5-4-8-30-23(16)21(12-18)36-2/h4-12,33,35H,13-14H2,1-3H3,(H,31,34). The van der Waals surface area contributed by atoms with Crippen LogP contribution in [0.1, 0.15) is 21.6 Å². The molecule has 8 nitrogen and oxygen atoms in total. The van der Waals surface area contributed by atoms with Crippen molar-refractivity contribution in [3.05, 3.63) is 82.4 Å². The van der Waals surface area contributed by atoms with Gasteiger partial charge in [0, 0.05) is 22.7 Å². The van der Waals surface area contributed by atoms with Gasteiger partial charge in [-0.3, -0.25) is 9.78 Å². The Labute approximate surface area is 217 Å². The lowest BCUT2D eigenvalue weighted by Crippen LogP contribution is -2.44. The van der Waals surface area contributed by atoms with Gasteiger partial charge >= 0.3 is 0 Å². The maximum Gasteiger partial charge on any atom is 0.251 e. The number of hydrogen-bond donors (Lipinski definition) is 3. The van der Waals surface area contributed by atoms with Gasteiger partial charge in [-0.05, 0) is 55.0 Å². The van der Waals surface area contributed by atoms with Gasteiger partial charge in [0.25, 0.3) is 5.91 Å². The summed E-state index contributed by atoms with van der Waals surface area (Å²) in [6, 6.07) is 12.4. The highest BCUT2D eigenvalue weighted by Gasteiger charge is 2.33. The summed E-state index contributed by atoms with van der Waals surface area (Å²) in [5.74, 6) is -0.261. The molecular weight excluding hydrogens is 501 g/mol. The van der Waals surface area contributed by atoms with Crippen LogP contribution in [0.5, 0.6) is 11.5 Å². The summed E-state index contributed by atoms with van der Waals surface area (Å²) >= 11 is 5.96. The third-order valence-electron chi connectivity index (χ3n) is 5.99. The molecule has 4 rings (SSSR count). The van der Waals surface area contributed by atoms with E-state index in [1.165, 1.54) is 32.4 Å². The maximum absolute atomic E-state index is 13.7. The van der Waals surface area contributed by atoms with Crippen LogP contribution in [0.4, 0.5) is 4.39 Å². The second-order valence-electron chi connectivity index (χ2n) is 8.46. The number of aromatic nitrogens is 2. The number of pyridine rings is 2. The number of aliphatic hydroxyl groups excluding tert-OH is 1. The number of benzene rings is 2. The van der Waals surface area contributed by atoms with E-state index in [1.54, 1.807) is 43.5 Å². The molecule has 37 heavy (non-hydrogen) atoms. The highest BCUT2D eigenvalue weighted by molar-refractivity contribution is 6.31. The number of halogens is 2. The van der Waals surface area contributed by atoms with Crippen LogP contribution in [0.2, 0.25) is 5.02 Å². The number of hydrogen-bond acceptors (Lipinski definition) is 7. The van der Waals surface area contributed by atoms with Crippen molar-refractivity contribution in [3.8, 4) is 22.8 Å². The second kappa shape index (κ2) is 10.7.